The lowest BCUT2D eigenvalue weighted by Crippen LogP contribution is -2.29. The first-order valence-corrected chi connectivity index (χ1v) is 12.4. The fraction of sp³-hybridized carbons (Fsp3) is 0.320. The number of aromatic amines is 1. The van der Waals surface area contributed by atoms with Crippen LogP contribution in [0.15, 0.2) is 54.3 Å². The molecular formula is C25H29N7O2S. The number of carbonyl (C=O) groups excluding carboxylic acids is 2. The fourth-order valence-corrected chi connectivity index (χ4v) is 4.34. The highest BCUT2D eigenvalue weighted by atomic mass is 32.1. The first kappa shape index (κ1) is 24.3. The van der Waals surface area contributed by atoms with E-state index in [0.717, 1.165) is 41.8 Å². The van der Waals surface area contributed by atoms with Crippen molar-refractivity contribution in [2.45, 2.75) is 38.1 Å². The fourth-order valence-electron chi connectivity index (χ4n) is 3.82. The van der Waals surface area contributed by atoms with Gasteiger partial charge in [0.2, 0.25) is 5.91 Å². The number of amides is 2. The standard InChI is InChI=1S/C25H29N7O2S/c1-26-23(33)7-5-3-4-6-21(30-25(34)19-14-28-35-16-19)24-27-15-22(29-24)18-10-8-17(9-11-18)20-12-13-32(2)31-20/h8-16,21H,3-7H2,1-2H3,(H,26,33)(H,27,29)(H,30,34). The van der Waals surface area contributed by atoms with Crippen molar-refractivity contribution in [2.24, 2.45) is 7.05 Å². The van der Waals surface area contributed by atoms with Crippen LogP contribution in [0.3, 0.4) is 0 Å². The molecule has 0 saturated heterocycles. The predicted octanol–water partition coefficient (Wildman–Crippen LogP) is 4.10. The van der Waals surface area contributed by atoms with E-state index < -0.39 is 0 Å². The molecule has 0 aliphatic carbocycles. The molecule has 1 unspecified atom stereocenters. The normalized spacial score (nSPS) is 11.8. The third-order valence-electron chi connectivity index (χ3n) is 5.81. The molecule has 3 aromatic heterocycles. The molecule has 0 fully saturated rings. The van der Waals surface area contributed by atoms with Crippen molar-refractivity contribution in [1.29, 1.82) is 0 Å². The number of nitrogens with one attached hydrogen (secondary N) is 3. The van der Waals surface area contributed by atoms with Crippen LogP contribution in [0, 0.1) is 0 Å². The molecule has 4 rings (SSSR count). The summed E-state index contributed by atoms with van der Waals surface area (Å²) in [6, 6.07) is 9.84. The quantitative estimate of drug-likeness (QED) is 0.273. The Morgan fingerprint density at radius 3 is 2.57 bits per heavy atom. The van der Waals surface area contributed by atoms with E-state index in [-0.39, 0.29) is 17.9 Å². The van der Waals surface area contributed by atoms with Crippen molar-refractivity contribution >= 4 is 23.3 Å². The first-order valence-electron chi connectivity index (χ1n) is 11.6. The second kappa shape index (κ2) is 11.6. The average Bonchev–Trinajstić information content (AvgIpc) is 3.65. The summed E-state index contributed by atoms with van der Waals surface area (Å²) in [7, 11) is 3.55. The predicted molar refractivity (Wildman–Crippen MR) is 136 cm³/mol. The molecule has 0 spiro atoms. The number of imidazole rings is 1. The van der Waals surface area contributed by atoms with Crippen LogP contribution < -0.4 is 10.6 Å². The van der Waals surface area contributed by atoms with Gasteiger partial charge in [0.05, 0.1) is 35.4 Å². The van der Waals surface area contributed by atoms with Crippen molar-refractivity contribution in [1.82, 2.24) is 34.8 Å². The summed E-state index contributed by atoms with van der Waals surface area (Å²) in [4.78, 5) is 32.1. The van der Waals surface area contributed by atoms with Gasteiger partial charge in [-0.25, -0.2) is 9.36 Å². The Morgan fingerprint density at radius 1 is 1.09 bits per heavy atom. The van der Waals surface area contributed by atoms with Crippen LogP contribution in [-0.2, 0) is 11.8 Å². The van der Waals surface area contributed by atoms with E-state index in [4.69, 9.17) is 0 Å². The Kier molecular flexibility index (Phi) is 8.04. The summed E-state index contributed by atoms with van der Waals surface area (Å²) < 4.78 is 5.80. The molecule has 3 heterocycles. The minimum atomic E-state index is -0.274. The third-order valence-corrected chi connectivity index (χ3v) is 6.39. The minimum Gasteiger partial charge on any atom is -0.359 e. The summed E-state index contributed by atoms with van der Waals surface area (Å²) in [6.45, 7) is 0. The van der Waals surface area contributed by atoms with Gasteiger partial charge in [0.15, 0.2) is 0 Å². The Morgan fingerprint density at radius 2 is 1.89 bits per heavy atom. The van der Waals surface area contributed by atoms with Gasteiger partial charge in [0.25, 0.3) is 5.91 Å². The Balaban J connectivity index is 1.45. The highest BCUT2D eigenvalue weighted by Crippen LogP contribution is 2.25. The average molecular weight is 492 g/mol. The second-order valence-electron chi connectivity index (χ2n) is 8.35. The zero-order valence-corrected chi connectivity index (χ0v) is 20.6. The topological polar surface area (TPSA) is 118 Å². The third kappa shape index (κ3) is 6.42. The number of hydrogen-bond donors (Lipinski definition) is 3. The minimum absolute atomic E-state index is 0.0459. The van der Waals surface area contributed by atoms with Gasteiger partial charge in [-0.1, -0.05) is 37.1 Å². The number of H-pyrrole nitrogens is 1. The van der Waals surface area contributed by atoms with Crippen molar-refractivity contribution in [3.05, 3.63) is 65.7 Å². The lowest BCUT2D eigenvalue weighted by Gasteiger charge is -2.16. The molecule has 9 nitrogen and oxygen atoms in total. The van der Waals surface area contributed by atoms with Gasteiger partial charge in [-0.05, 0) is 36.0 Å². The number of benzene rings is 1. The van der Waals surface area contributed by atoms with E-state index in [1.165, 1.54) is 11.5 Å². The molecule has 1 atom stereocenters. The van der Waals surface area contributed by atoms with Crippen LogP contribution in [0.5, 0.6) is 0 Å². The van der Waals surface area contributed by atoms with Crippen LogP contribution in [0.2, 0.25) is 0 Å². The van der Waals surface area contributed by atoms with Gasteiger partial charge in [-0.2, -0.15) is 5.10 Å². The summed E-state index contributed by atoms with van der Waals surface area (Å²) in [5, 5.41) is 11.9. The van der Waals surface area contributed by atoms with Gasteiger partial charge in [-0.3, -0.25) is 14.3 Å². The van der Waals surface area contributed by atoms with Gasteiger partial charge in [0.1, 0.15) is 5.82 Å². The summed E-state index contributed by atoms with van der Waals surface area (Å²) in [5.74, 6) is 0.577. The zero-order valence-electron chi connectivity index (χ0n) is 19.8. The number of unbranched alkanes of at least 4 members (excludes halogenated alkanes) is 2. The number of rotatable bonds is 11. The molecule has 35 heavy (non-hydrogen) atoms. The molecular weight excluding hydrogens is 462 g/mol. The molecule has 4 aromatic rings. The smallest absolute Gasteiger partial charge is 0.254 e. The molecule has 1 aromatic carbocycles. The lowest BCUT2D eigenvalue weighted by atomic mass is 10.1. The van der Waals surface area contributed by atoms with E-state index in [1.54, 1.807) is 29.5 Å². The first-order chi connectivity index (χ1) is 17.0. The zero-order chi connectivity index (χ0) is 24.6. The van der Waals surface area contributed by atoms with E-state index in [0.29, 0.717) is 24.2 Å². The number of hydrogen-bond acceptors (Lipinski definition) is 6. The monoisotopic (exact) mass is 491 g/mol. The van der Waals surface area contributed by atoms with Gasteiger partial charge < -0.3 is 15.6 Å². The van der Waals surface area contributed by atoms with Crippen LogP contribution in [0.1, 0.15) is 54.3 Å². The van der Waals surface area contributed by atoms with Crippen molar-refractivity contribution in [2.75, 3.05) is 7.05 Å². The molecule has 0 aliphatic rings. The van der Waals surface area contributed by atoms with Crippen LogP contribution in [0.4, 0.5) is 0 Å². The summed E-state index contributed by atoms with van der Waals surface area (Å²) in [5.41, 5.74) is 4.38. The molecule has 10 heteroatoms. The number of nitrogens with zero attached hydrogens (tertiary/aromatic N) is 4. The largest absolute Gasteiger partial charge is 0.359 e. The van der Waals surface area contributed by atoms with Crippen LogP contribution in [-0.4, -0.2) is 43.0 Å². The molecule has 2 amide bonds. The highest BCUT2D eigenvalue weighted by Gasteiger charge is 2.19. The summed E-state index contributed by atoms with van der Waals surface area (Å²) >= 11 is 1.24. The van der Waals surface area contributed by atoms with Gasteiger partial charge in [0, 0.05) is 37.7 Å². The van der Waals surface area contributed by atoms with E-state index in [9.17, 15) is 9.59 Å². The lowest BCUT2D eigenvalue weighted by molar-refractivity contribution is -0.120. The number of aromatic nitrogens is 5. The maximum atomic E-state index is 12.7. The van der Waals surface area contributed by atoms with Gasteiger partial charge >= 0.3 is 0 Å². The highest BCUT2D eigenvalue weighted by molar-refractivity contribution is 7.03. The molecule has 0 saturated carbocycles. The summed E-state index contributed by atoms with van der Waals surface area (Å²) in [6.07, 6.45) is 9.06. The second-order valence-corrected chi connectivity index (χ2v) is 9.00. The molecule has 182 valence electrons. The van der Waals surface area contributed by atoms with E-state index in [2.05, 4.69) is 30.1 Å². The molecule has 0 bridgehead atoms. The van der Waals surface area contributed by atoms with Gasteiger partial charge in [-0.15, -0.1) is 0 Å². The van der Waals surface area contributed by atoms with Crippen molar-refractivity contribution in [3.63, 3.8) is 0 Å². The van der Waals surface area contributed by atoms with E-state index in [1.807, 2.05) is 43.6 Å². The maximum Gasteiger partial charge on any atom is 0.254 e. The van der Waals surface area contributed by atoms with E-state index >= 15 is 0 Å². The molecule has 3 N–H and O–H groups in total. The van der Waals surface area contributed by atoms with Crippen LogP contribution in [0.25, 0.3) is 22.5 Å². The Hall–Kier alpha value is -3.79. The maximum absolute atomic E-state index is 12.7. The Labute approximate surface area is 208 Å². The van der Waals surface area contributed by atoms with Crippen LogP contribution >= 0.6 is 11.5 Å². The van der Waals surface area contributed by atoms with Crippen molar-refractivity contribution in [3.8, 4) is 22.5 Å². The number of carbonyl (C=O) groups is 2. The molecule has 0 aliphatic heterocycles. The number of aryl methyl sites for hydroxylation is 1. The SMILES string of the molecule is CNC(=O)CCCCCC(NC(=O)c1cnsc1)c1ncc(-c2ccc(-c3ccn(C)n3)cc2)[nH]1. The molecule has 0 radical (unpaired) electrons. The van der Waals surface area contributed by atoms with Crippen molar-refractivity contribution < 1.29 is 9.59 Å². The Bertz CT molecular complexity index is 1250.